The van der Waals surface area contributed by atoms with Gasteiger partial charge in [-0.3, -0.25) is 9.10 Å². The van der Waals surface area contributed by atoms with E-state index in [1.165, 1.54) is 30.3 Å². The predicted octanol–water partition coefficient (Wildman–Crippen LogP) is 5.98. The Morgan fingerprint density at radius 1 is 0.781 bits per heavy atom. The van der Waals surface area contributed by atoms with Crippen molar-refractivity contribution < 1.29 is 13.2 Å². The van der Waals surface area contributed by atoms with Crippen LogP contribution < -0.4 is 9.62 Å². The van der Waals surface area contributed by atoms with E-state index in [0.29, 0.717) is 5.69 Å². The number of hydrogen-bond acceptors (Lipinski definition) is 3. The van der Waals surface area contributed by atoms with Gasteiger partial charge in [0.15, 0.2) is 0 Å². The van der Waals surface area contributed by atoms with Crippen molar-refractivity contribution in [1.29, 1.82) is 0 Å². The number of anilines is 2. The number of amides is 1. The van der Waals surface area contributed by atoms with E-state index >= 15 is 0 Å². The number of nitrogens with zero attached hydrogens (tertiary/aromatic N) is 1. The molecule has 0 spiro atoms. The molecule has 1 amide bonds. The highest BCUT2D eigenvalue weighted by atomic mass is 35.5. The SMILES string of the molecule is O=C(CN(c1ccc(Cl)c(Cl)c1)S(=O)(=O)c1ccccc1)Nc1ccc2ccccc2c1. The van der Waals surface area contributed by atoms with Crippen LogP contribution in [0.25, 0.3) is 10.8 Å². The summed E-state index contributed by atoms with van der Waals surface area (Å²) in [4.78, 5) is 12.9. The van der Waals surface area contributed by atoms with E-state index in [0.717, 1.165) is 15.1 Å². The fourth-order valence-electron chi connectivity index (χ4n) is 3.27. The van der Waals surface area contributed by atoms with Crippen LogP contribution in [0.5, 0.6) is 0 Å². The van der Waals surface area contributed by atoms with Gasteiger partial charge in [-0.15, -0.1) is 0 Å². The molecule has 0 aliphatic heterocycles. The molecule has 0 saturated heterocycles. The molecule has 4 rings (SSSR count). The lowest BCUT2D eigenvalue weighted by molar-refractivity contribution is -0.114. The number of rotatable bonds is 6. The Bertz CT molecular complexity index is 1390. The topological polar surface area (TPSA) is 66.5 Å². The normalized spacial score (nSPS) is 11.3. The summed E-state index contributed by atoms with van der Waals surface area (Å²) in [5.41, 5.74) is 0.803. The lowest BCUT2D eigenvalue weighted by atomic mass is 10.1. The van der Waals surface area contributed by atoms with Gasteiger partial charge in [-0.2, -0.15) is 0 Å². The first-order valence-corrected chi connectivity index (χ1v) is 11.9. The van der Waals surface area contributed by atoms with Crippen molar-refractivity contribution in [2.75, 3.05) is 16.2 Å². The third-order valence-electron chi connectivity index (χ3n) is 4.84. The first kappa shape index (κ1) is 22.1. The smallest absolute Gasteiger partial charge is 0.264 e. The van der Waals surface area contributed by atoms with E-state index in [1.54, 1.807) is 24.3 Å². The van der Waals surface area contributed by atoms with Crippen LogP contribution in [0, 0.1) is 0 Å². The second-order valence-electron chi connectivity index (χ2n) is 7.03. The Labute approximate surface area is 196 Å². The van der Waals surface area contributed by atoms with Crippen molar-refractivity contribution in [1.82, 2.24) is 0 Å². The molecular weight excluding hydrogens is 467 g/mol. The summed E-state index contributed by atoms with van der Waals surface area (Å²) in [6.45, 7) is -0.442. The largest absolute Gasteiger partial charge is 0.324 e. The van der Waals surface area contributed by atoms with Crippen LogP contribution in [0.3, 0.4) is 0 Å². The van der Waals surface area contributed by atoms with E-state index in [1.807, 2.05) is 36.4 Å². The summed E-state index contributed by atoms with van der Waals surface area (Å²) in [7, 11) is -4.03. The fourth-order valence-corrected chi connectivity index (χ4v) is 5.00. The zero-order chi connectivity index (χ0) is 22.7. The number of sulfonamides is 1. The minimum atomic E-state index is -4.03. The highest BCUT2D eigenvalue weighted by Gasteiger charge is 2.27. The summed E-state index contributed by atoms with van der Waals surface area (Å²) < 4.78 is 27.7. The molecule has 162 valence electrons. The molecule has 0 fully saturated rings. The van der Waals surface area contributed by atoms with E-state index in [9.17, 15) is 13.2 Å². The van der Waals surface area contributed by atoms with Crippen molar-refractivity contribution >= 4 is 61.3 Å². The molecule has 0 unspecified atom stereocenters. The number of halogens is 2. The minimum Gasteiger partial charge on any atom is -0.324 e. The molecule has 0 saturated carbocycles. The number of hydrogen-bond donors (Lipinski definition) is 1. The van der Waals surface area contributed by atoms with E-state index in [4.69, 9.17) is 23.2 Å². The van der Waals surface area contributed by atoms with Crippen molar-refractivity contribution in [3.63, 3.8) is 0 Å². The highest BCUT2D eigenvalue weighted by molar-refractivity contribution is 7.92. The lowest BCUT2D eigenvalue weighted by Crippen LogP contribution is -2.38. The molecule has 0 aromatic heterocycles. The molecule has 32 heavy (non-hydrogen) atoms. The van der Waals surface area contributed by atoms with Crippen LogP contribution in [-0.4, -0.2) is 20.9 Å². The molecule has 4 aromatic carbocycles. The van der Waals surface area contributed by atoms with Gasteiger partial charge in [-0.05, 0) is 53.2 Å². The predicted molar refractivity (Wildman–Crippen MR) is 130 cm³/mol. The molecule has 0 aliphatic rings. The Kier molecular flexibility index (Phi) is 6.37. The zero-order valence-electron chi connectivity index (χ0n) is 16.7. The van der Waals surface area contributed by atoms with Crippen molar-refractivity contribution in [2.45, 2.75) is 4.90 Å². The third kappa shape index (κ3) is 4.72. The Balaban J connectivity index is 1.66. The van der Waals surface area contributed by atoms with Crippen LogP contribution in [0.2, 0.25) is 10.0 Å². The fraction of sp³-hybridized carbons (Fsp3) is 0.0417. The van der Waals surface area contributed by atoms with Gasteiger partial charge >= 0.3 is 0 Å². The van der Waals surface area contributed by atoms with E-state index in [-0.39, 0.29) is 20.6 Å². The number of carbonyl (C=O) groups is 1. The first-order chi connectivity index (χ1) is 15.3. The summed E-state index contributed by atoms with van der Waals surface area (Å²) in [5, 5.41) is 5.25. The number of nitrogens with one attached hydrogen (secondary N) is 1. The average molecular weight is 485 g/mol. The van der Waals surface area contributed by atoms with Gasteiger partial charge in [0.1, 0.15) is 6.54 Å². The molecule has 5 nitrogen and oxygen atoms in total. The maximum atomic E-state index is 13.4. The van der Waals surface area contributed by atoms with Crippen LogP contribution >= 0.6 is 23.2 Å². The minimum absolute atomic E-state index is 0.0598. The van der Waals surface area contributed by atoms with Crippen LogP contribution in [0.4, 0.5) is 11.4 Å². The third-order valence-corrected chi connectivity index (χ3v) is 7.37. The van der Waals surface area contributed by atoms with Gasteiger partial charge in [-0.1, -0.05) is 71.7 Å². The molecular formula is C24H18Cl2N2O3S. The summed E-state index contributed by atoms with van der Waals surface area (Å²) >= 11 is 12.1. The molecule has 1 N–H and O–H groups in total. The average Bonchev–Trinajstić information content (AvgIpc) is 2.80. The highest BCUT2D eigenvalue weighted by Crippen LogP contribution is 2.30. The van der Waals surface area contributed by atoms with Crippen LogP contribution in [0.1, 0.15) is 0 Å². The quantitative estimate of drug-likeness (QED) is 0.365. The Morgan fingerprint density at radius 2 is 1.47 bits per heavy atom. The van der Waals surface area contributed by atoms with Gasteiger partial charge in [0.05, 0.1) is 20.6 Å². The summed E-state index contributed by atoms with van der Waals surface area (Å²) in [5.74, 6) is -0.495. The monoisotopic (exact) mass is 484 g/mol. The van der Waals surface area contributed by atoms with Gasteiger partial charge in [0, 0.05) is 5.69 Å². The second kappa shape index (κ2) is 9.20. The second-order valence-corrected chi connectivity index (χ2v) is 9.71. The Morgan fingerprint density at radius 3 is 2.19 bits per heavy atom. The lowest BCUT2D eigenvalue weighted by Gasteiger charge is -2.24. The number of carbonyl (C=O) groups excluding carboxylic acids is 1. The first-order valence-electron chi connectivity index (χ1n) is 9.66. The van der Waals surface area contributed by atoms with Crippen LogP contribution in [0.15, 0.2) is 95.9 Å². The molecule has 4 aromatic rings. The van der Waals surface area contributed by atoms with Crippen molar-refractivity contribution in [2.24, 2.45) is 0 Å². The Hall–Kier alpha value is -3.06. The molecule has 0 atom stereocenters. The van der Waals surface area contributed by atoms with Gasteiger partial charge in [0.25, 0.3) is 10.0 Å². The maximum absolute atomic E-state index is 13.4. The van der Waals surface area contributed by atoms with Gasteiger partial charge in [0.2, 0.25) is 5.91 Å². The zero-order valence-corrected chi connectivity index (χ0v) is 19.0. The van der Waals surface area contributed by atoms with Gasteiger partial charge in [-0.25, -0.2) is 8.42 Å². The summed E-state index contributed by atoms with van der Waals surface area (Å²) in [6.07, 6.45) is 0. The molecule has 0 radical (unpaired) electrons. The van der Waals surface area contributed by atoms with Crippen molar-refractivity contribution in [3.8, 4) is 0 Å². The summed E-state index contributed by atoms with van der Waals surface area (Å²) in [6, 6.07) is 25.6. The van der Waals surface area contributed by atoms with Crippen molar-refractivity contribution in [3.05, 3.63) is 101 Å². The number of benzene rings is 4. The molecule has 0 heterocycles. The van der Waals surface area contributed by atoms with Gasteiger partial charge < -0.3 is 5.32 Å². The van der Waals surface area contributed by atoms with Crippen LogP contribution in [-0.2, 0) is 14.8 Å². The molecule has 0 aliphatic carbocycles. The van der Waals surface area contributed by atoms with E-state index in [2.05, 4.69) is 5.32 Å². The maximum Gasteiger partial charge on any atom is 0.264 e. The molecule has 0 bridgehead atoms. The standard InChI is InChI=1S/C24H18Cl2N2O3S/c25-22-13-12-20(15-23(22)26)28(32(30,31)21-8-2-1-3-9-21)16-24(29)27-19-11-10-17-6-4-5-7-18(17)14-19/h1-15H,16H2,(H,27,29). The van der Waals surface area contributed by atoms with E-state index < -0.39 is 22.5 Å². The number of fused-ring (bicyclic) bond motifs is 1. The molecule has 8 heteroatoms.